The maximum absolute atomic E-state index is 10.7. The Bertz CT molecular complexity index is 706. The largest absolute Gasteiger partial charge is 0.481 e. The molecular weight excluding hydrogens is 458 g/mol. The van der Waals surface area contributed by atoms with Crippen LogP contribution in [-0.2, 0) is 34.0 Å². The van der Waals surface area contributed by atoms with Gasteiger partial charge in [-0.2, -0.15) is 0 Å². The van der Waals surface area contributed by atoms with Crippen molar-refractivity contribution in [1.82, 2.24) is 15.4 Å². The van der Waals surface area contributed by atoms with E-state index < -0.39 is 33.8 Å². The van der Waals surface area contributed by atoms with Crippen LogP contribution < -0.4 is 15.4 Å². The topological polar surface area (TPSA) is 196 Å². The number of carboxylic acid groups (broad SMARTS) is 2. The van der Waals surface area contributed by atoms with E-state index in [1.807, 2.05) is 4.72 Å². The highest BCUT2D eigenvalue weighted by atomic mass is 32.2. The fourth-order valence-corrected chi connectivity index (χ4v) is 2.87. The van der Waals surface area contributed by atoms with Crippen LogP contribution in [0.5, 0.6) is 0 Å². The molecule has 5 N–H and O–H groups in total. The van der Waals surface area contributed by atoms with E-state index >= 15 is 0 Å². The maximum atomic E-state index is 10.7. The quantitative estimate of drug-likeness (QED) is 0.203. The second-order valence-electron chi connectivity index (χ2n) is 7.24. The van der Waals surface area contributed by atoms with E-state index in [0.29, 0.717) is 25.7 Å². The fourth-order valence-electron chi connectivity index (χ4n) is 2.19. The van der Waals surface area contributed by atoms with Gasteiger partial charge in [-0.1, -0.05) is 0 Å². The average Bonchev–Trinajstić information content (AvgIpc) is 2.68. The molecule has 33 heavy (non-hydrogen) atoms. The zero-order chi connectivity index (χ0) is 26.6. The zero-order valence-electron chi connectivity index (χ0n) is 20.3. The van der Waals surface area contributed by atoms with Crippen molar-refractivity contribution in [3.05, 3.63) is 0 Å². The molecule has 13 heteroatoms. The van der Waals surface area contributed by atoms with Crippen molar-refractivity contribution in [2.45, 2.75) is 71.4 Å². The number of nitrogens with one attached hydrogen (secondary N) is 3. The second-order valence-corrected chi connectivity index (χ2v) is 9.17. The summed E-state index contributed by atoms with van der Waals surface area (Å²) in [7, 11) is 1.31. The summed E-state index contributed by atoms with van der Waals surface area (Å²) in [6.45, 7) is 4.23. The molecule has 0 aliphatic rings. The summed E-state index contributed by atoms with van der Waals surface area (Å²) in [5.74, 6) is -2.31. The van der Waals surface area contributed by atoms with Gasteiger partial charge in [0.1, 0.15) is 29.1 Å². The number of hydrogen-bond donors (Lipinski definition) is 5. The minimum absolute atomic E-state index is 0.0199. The third-order valence-electron chi connectivity index (χ3n) is 4.10. The minimum Gasteiger partial charge on any atom is -0.481 e. The molecule has 0 aliphatic carbocycles. The molecule has 0 heterocycles. The SMILES string of the molecule is CNC(CCC(C)=O)C(=O)O.CNC(CCC(C)=O)CCC(=O)O.CNS(=O)(=O)CC(C)=O. The molecule has 0 saturated heterocycles. The Kier molecular flexibility index (Phi) is 21.9. The van der Waals surface area contributed by atoms with E-state index in [1.165, 1.54) is 20.9 Å². The fraction of sp³-hybridized carbons (Fsp3) is 0.750. The molecule has 2 unspecified atom stereocenters. The van der Waals surface area contributed by atoms with Crippen LogP contribution in [-0.4, -0.2) is 86.9 Å². The molecule has 0 bridgehead atoms. The van der Waals surface area contributed by atoms with E-state index in [1.54, 1.807) is 21.0 Å². The average molecular weight is 498 g/mol. The van der Waals surface area contributed by atoms with Crippen molar-refractivity contribution in [2.75, 3.05) is 26.9 Å². The van der Waals surface area contributed by atoms with E-state index in [2.05, 4.69) is 10.6 Å². The van der Waals surface area contributed by atoms with Gasteiger partial charge >= 0.3 is 11.9 Å². The molecule has 0 radical (unpaired) electrons. The van der Waals surface area contributed by atoms with E-state index in [0.717, 1.165) is 6.42 Å². The zero-order valence-corrected chi connectivity index (χ0v) is 21.1. The number of rotatable bonds is 15. The minimum atomic E-state index is -3.32. The van der Waals surface area contributed by atoms with Gasteiger partial charge in [0.25, 0.3) is 0 Å². The third kappa shape index (κ3) is 27.7. The van der Waals surface area contributed by atoms with Crippen molar-refractivity contribution in [3.8, 4) is 0 Å². The van der Waals surface area contributed by atoms with Gasteiger partial charge < -0.3 is 30.4 Å². The van der Waals surface area contributed by atoms with Crippen molar-refractivity contribution < 1.29 is 42.6 Å². The van der Waals surface area contributed by atoms with Crippen LogP contribution in [0.4, 0.5) is 0 Å². The normalized spacial score (nSPS) is 12.2. The molecule has 0 aromatic rings. The number of hydrogen-bond acceptors (Lipinski definition) is 9. The Morgan fingerprint density at radius 3 is 1.45 bits per heavy atom. The van der Waals surface area contributed by atoms with Gasteiger partial charge in [0.05, 0.1) is 0 Å². The summed E-state index contributed by atoms with van der Waals surface area (Å²) in [6.07, 6.45) is 2.66. The van der Waals surface area contributed by atoms with Crippen LogP contribution in [0.2, 0.25) is 0 Å². The summed E-state index contributed by atoms with van der Waals surface area (Å²) in [6, 6.07) is -0.459. The molecule has 0 amide bonds. The molecule has 2 atom stereocenters. The van der Waals surface area contributed by atoms with Crippen LogP contribution in [0.3, 0.4) is 0 Å². The van der Waals surface area contributed by atoms with Crippen LogP contribution in [0, 0.1) is 0 Å². The Labute approximate surface area is 195 Å². The standard InChI is InChI=1S/C9H17NO3.C7H13NO3.C4H9NO3S/c1-7(11)3-4-8(10-2)5-6-9(12)13;1-5(9)3-4-6(8-2)7(10)11;1-4(6)3-9(7,8)5-2/h8,10H,3-6H2,1-2H3,(H,12,13);6,8H,3-4H2,1-2H3,(H,10,11);5H,3H2,1-2H3. The van der Waals surface area contributed by atoms with E-state index in [-0.39, 0.29) is 29.8 Å². The maximum Gasteiger partial charge on any atom is 0.320 e. The molecule has 194 valence electrons. The van der Waals surface area contributed by atoms with Crippen LogP contribution in [0.15, 0.2) is 0 Å². The molecular formula is C20H39N3O9S. The Morgan fingerprint density at radius 1 is 0.727 bits per heavy atom. The van der Waals surface area contributed by atoms with E-state index in [4.69, 9.17) is 10.2 Å². The predicted octanol–water partition coefficient (Wildman–Crippen LogP) is -0.0388. The van der Waals surface area contributed by atoms with Crippen LogP contribution in [0.1, 0.15) is 59.3 Å². The van der Waals surface area contributed by atoms with Gasteiger partial charge in [0.15, 0.2) is 0 Å². The highest BCUT2D eigenvalue weighted by Gasteiger charge is 2.14. The first-order valence-electron chi connectivity index (χ1n) is 10.3. The van der Waals surface area contributed by atoms with Crippen molar-refractivity contribution in [1.29, 1.82) is 0 Å². The monoisotopic (exact) mass is 497 g/mol. The first kappa shape index (κ1) is 35.4. The molecule has 0 aromatic heterocycles. The lowest BCUT2D eigenvalue weighted by molar-refractivity contribution is -0.140. The summed E-state index contributed by atoms with van der Waals surface area (Å²) in [4.78, 5) is 52.0. The summed E-state index contributed by atoms with van der Waals surface area (Å²) in [5, 5.41) is 22.6. The molecule has 0 rings (SSSR count). The summed E-state index contributed by atoms with van der Waals surface area (Å²) < 4.78 is 23.0. The number of carboxylic acids is 2. The number of carbonyl (C=O) groups is 5. The van der Waals surface area contributed by atoms with Gasteiger partial charge in [0.2, 0.25) is 10.0 Å². The Morgan fingerprint density at radius 2 is 1.18 bits per heavy atom. The first-order valence-corrected chi connectivity index (χ1v) is 12.0. The van der Waals surface area contributed by atoms with E-state index in [9.17, 15) is 32.4 Å². The second kappa shape index (κ2) is 20.4. The molecule has 0 aromatic carbocycles. The number of likely N-dealkylation sites (N-methyl/N-ethyl adjacent to an activating group) is 1. The Balaban J connectivity index is -0.000000416. The summed E-state index contributed by atoms with van der Waals surface area (Å²) >= 11 is 0. The van der Waals surface area contributed by atoms with Crippen LogP contribution >= 0.6 is 0 Å². The molecule has 0 saturated carbocycles. The van der Waals surface area contributed by atoms with Crippen molar-refractivity contribution >= 4 is 39.3 Å². The molecule has 0 spiro atoms. The smallest absolute Gasteiger partial charge is 0.320 e. The Hall–Kier alpha value is -2.22. The lowest BCUT2D eigenvalue weighted by atomic mass is 10.0. The number of ketones is 3. The highest BCUT2D eigenvalue weighted by Crippen LogP contribution is 2.05. The van der Waals surface area contributed by atoms with Gasteiger partial charge in [-0.05, 0) is 61.2 Å². The van der Waals surface area contributed by atoms with Gasteiger partial charge in [-0.15, -0.1) is 0 Å². The summed E-state index contributed by atoms with van der Waals surface area (Å²) in [5.41, 5.74) is 0. The molecule has 0 aliphatic heterocycles. The van der Waals surface area contributed by atoms with Crippen LogP contribution in [0.25, 0.3) is 0 Å². The number of carbonyl (C=O) groups excluding carboxylic acids is 3. The lowest BCUT2D eigenvalue weighted by Gasteiger charge is -2.13. The van der Waals surface area contributed by atoms with Gasteiger partial charge in [-0.3, -0.25) is 14.4 Å². The predicted molar refractivity (Wildman–Crippen MR) is 124 cm³/mol. The number of sulfonamides is 1. The van der Waals surface area contributed by atoms with Gasteiger partial charge in [-0.25, -0.2) is 13.1 Å². The van der Waals surface area contributed by atoms with Crippen molar-refractivity contribution in [2.24, 2.45) is 0 Å². The first-order chi connectivity index (χ1) is 15.1. The highest BCUT2D eigenvalue weighted by molar-refractivity contribution is 7.90. The number of Topliss-reactive ketones (excluding diaryl/α,β-unsaturated/α-hetero) is 3. The lowest BCUT2D eigenvalue weighted by Crippen LogP contribution is -2.34. The van der Waals surface area contributed by atoms with Gasteiger partial charge in [0, 0.05) is 25.3 Å². The molecule has 12 nitrogen and oxygen atoms in total. The third-order valence-corrected chi connectivity index (χ3v) is 5.50. The van der Waals surface area contributed by atoms with Crippen molar-refractivity contribution in [3.63, 3.8) is 0 Å². The molecule has 0 fully saturated rings. The number of aliphatic carboxylic acids is 2.